The maximum atomic E-state index is 12.7. The Bertz CT molecular complexity index is 1160. The molecule has 1 saturated carbocycles. The van der Waals surface area contributed by atoms with Crippen LogP contribution < -0.4 is 9.46 Å². The highest BCUT2D eigenvalue weighted by atomic mass is 32.2. The zero-order chi connectivity index (χ0) is 22.6. The molecule has 0 atom stereocenters. The fourth-order valence-electron chi connectivity index (χ4n) is 2.89. The molecule has 2 aromatic rings. The summed E-state index contributed by atoms with van der Waals surface area (Å²) < 4.78 is 56.2. The maximum Gasteiger partial charge on any atom is 0.253 e. The van der Waals surface area contributed by atoms with Gasteiger partial charge in [-0.1, -0.05) is 12.1 Å². The van der Waals surface area contributed by atoms with E-state index in [9.17, 15) is 21.6 Å². The Kier molecular flexibility index (Phi) is 7.03. The van der Waals surface area contributed by atoms with Crippen LogP contribution in [0.1, 0.15) is 29.6 Å². The molecule has 31 heavy (non-hydrogen) atoms. The molecule has 1 amide bonds. The van der Waals surface area contributed by atoms with Crippen molar-refractivity contribution in [3.05, 3.63) is 54.1 Å². The molecule has 3 rings (SSSR count). The van der Waals surface area contributed by atoms with Crippen molar-refractivity contribution in [2.75, 3.05) is 26.5 Å². The van der Waals surface area contributed by atoms with E-state index in [0.717, 1.165) is 19.1 Å². The Hall–Kier alpha value is -2.43. The number of carbonyl (C=O) groups excluding carboxylic acids is 1. The van der Waals surface area contributed by atoms with Gasteiger partial charge in [-0.2, -0.15) is 0 Å². The van der Waals surface area contributed by atoms with Gasteiger partial charge in [-0.25, -0.2) is 21.6 Å². The quantitative estimate of drug-likeness (QED) is 0.537. The molecule has 0 radical (unpaired) electrons. The van der Waals surface area contributed by atoms with Gasteiger partial charge >= 0.3 is 0 Å². The third-order valence-electron chi connectivity index (χ3n) is 4.78. The lowest BCUT2D eigenvalue weighted by Gasteiger charge is -2.18. The summed E-state index contributed by atoms with van der Waals surface area (Å²) in [5, 5.41) is 0. The van der Waals surface area contributed by atoms with Crippen LogP contribution in [0.15, 0.2) is 58.3 Å². The molecule has 0 spiro atoms. The number of hydrogen-bond donors (Lipinski definition) is 1. The first kappa shape index (κ1) is 23.2. The number of ether oxygens (including phenoxy) is 1. The Morgan fingerprint density at radius 2 is 1.74 bits per heavy atom. The number of nitrogens with zero attached hydrogens (tertiary/aromatic N) is 1. The Morgan fingerprint density at radius 1 is 1.06 bits per heavy atom. The first-order chi connectivity index (χ1) is 14.6. The molecule has 1 fully saturated rings. The summed E-state index contributed by atoms with van der Waals surface area (Å²) in [4.78, 5) is 14.4. The van der Waals surface area contributed by atoms with Gasteiger partial charge in [-0.05, 0) is 55.7 Å². The van der Waals surface area contributed by atoms with Crippen molar-refractivity contribution >= 4 is 25.8 Å². The Balaban J connectivity index is 1.53. The zero-order valence-corrected chi connectivity index (χ0v) is 19.1. The standard InChI is InChI=1S/C21H26N2O6S2/c1-23(12-5-13-29-18-7-4-8-19(15-18)30(2,25)26)21(24)16-6-3-9-20(14-16)31(27,28)22-17-10-11-17/h3-4,6-9,14-15,17,22H,5,10-13H2,1-2H3. The maximum absolute atomic E-state index is 12.7. The number of rotatable bonds is 10. The van der Waals surface area contributed by atoms with Crippen molar-refractivity contribution in [2.45, 2.75) is 35.1 Å². The number of hydrogen-bond acceptors (Lipinski definition) is 6. The highest BCUT2D eigenvalue weighted by Crippen LogP contribution is 2.23. The molecule has 8 nitrogen and oxygen atoms in total. The number of sulfonamides is 1. The molecule has 0 heterocycles. The van der Waals surface area contributed by atoms with Crippen molar-refractivity contribution in [3.8, 4) is 5.75 Å². The normalized spacial score (nSPS) is 14.3. The van der Waals surface area contributed by atoms with E-state index in [-0.39, 0.29) is 21.7 Å². The smallest absolute Gasteiger partial charge is 0.253 e. The van der Waals surface area contributed by atoms with Crippen molar-refractivity contribution in [2.24, 2.45) is 0 Å². The highest BCUT2D eigenvalue weighted by Gasteiger charge is 2.28. The highest BCUT2D eigenvalue weighted by molar-refractivity contribution is 7.90. The van der Waals surface area contributed by atoms with Crippen molar-refractivity contribution in [1.82, 2.24) is 9.62 Å². The van der Waals surface area contributed by atoms with Crippen LogP contribution in [0, 0.1) is 0 Å². The summed E-state index contributed by atoms with van der Waals surface area (Å²) in [5.74, 6) is 0.153. The summed E-state index contributed by atoms with van der Waals surface area (Å²) in [6, 6.07) is 12.2. The van der Waals surface area contributed by atoms with Crippen LogP contribution in [0.2, 0.25) is 0 Å². The van der Waals surface area contributed by atoms with Gasteiger partial charge in [0.05, 0.1) is 16.4 Å². The molecular formula is C21H26N2O6S2. The lowest BCUT2D eigenvalue weighted by Crippen LogP contribution is -2.29. The fourth-order valence-corrected chi connectivity index (χ4v) is 4.90. The minimum atomic E-state index is -3.63. The molecule has 2 aromatic carbocycles. The third kappa shape index (κ3) is 6.52. The average molecular weight is 467 g/mol. The van der Waals surface area contributed by atoms with Crippen LogP contribution in [0.25, 0.3) is 0 Å². The first-order valence-corrected chi connectivity index (χ1v) is 13.2. The summed E-state index contributed by atoms with van der Waals surface area (Å²) in [6.07, 6.45) is 3.32. The largest absolute Gasteiger partial charge is 0.493 e. The second-order valence-corrected chi connectivity index (χ2v) is 11.3. The van der Waals surface area contributed by atoms with Crippen molar-refractivity contribution in [3.63, 3.8) is 0 Å². The van der Waals surface area contributed by atoms with E-state index >= 15 is 0 Å². The van der Waals surface area contributed by atoms with Gasteiger partial charge in [-0.3, -0.25) is 4.79 Å². The number of amides is 1. The van der Waals surface area contributed by atoms with Crippen LogP contribution in [-0.4, -0.2) is 60.1 Å². The zero-order valence-electron chi connectivity index (χ0n) is 17.4. The van der Waals surface area contributed by atoms with Gasteiger partial charge in [0.15, 0.2) is 9.84 Å². The Labute approximate surface area is 183 Å². The van der Waals surface area contributed by atoms with Crippen LogP contribution in [-0.2, 0) is 19.9 Å². The minimum absolute atomic E-state index is 0.00911. The molecule has 168 valence electrons. The molecule has 0 saturated heterocycles. The van der Waals surface area contributed by atoms with E-state index in [1.165, 1.54) is 29.2 Å². The summed E-state index contributed by atoms with van der Waals surface area (Å²) >= 11 is 0. The van der Waals surface area contributed by atoms with Gasteiger partial charge in [0.2, 0.25) is 10.0 Å². The van der Waals surface area contributed by atoms with Gasteiger partial charge < -0.3 is 9.64 Å². The lowest BCUT2D eigenvalue weighted by atomic mass is 10.2. The molecule has 0 aromatic heterocycles. The number of carbonyl (C=O) groups is 1. The van der Waals surface area contributed by atoms with Crippen molar-refractivity contribution < 1.29 is 26.4 Å². The predicted octanol–water partition coefficient (Wildman–Crippen LogP) is 2.07. The number of benzene rings is 2. The summed E-state index contributed by atoms with van der Waals surface area (Å²) in [6.45, 7) is 0.687. The monoisotopic (exact) mass is 466 g/mol. The average Bonchev–Trinajstić information content (AvgIpc) is 3.53. The number of nitrogens with one attached hydrogen (secondary N) is 1. The molecule has 1 aliphatic rings. The Morgan fingerprint density at radius 3 is 2.42 bits per heavy atom. The molecule has 1 N–H and O–H groups in total. The van der Waals surface area contributed by atoms with E-state index in [0.29, 0.717) is 30.9 Å². The first-order valence-electron chi connectivity index (χ1n) is 9.87. The van der Waals surface area contributed by atoms with Gasteiger partial charge in [0.1, 0.15) is 5.75 Å². The molecule has 0 aliphatic heterocycles. The van der Waals surface area contributed by atoms with E-state index in [1.54, 1.807) is 31.3 Å². The van der Waals surface area contributed by atoms with Crippen LogP contribution >= 0.6 is 0 Å². The van der Waals surface area contributed by atoms with E-state index in [1.807, 2.05) is 0 Å². The lowest BCUT2D eigenvalue weighted by molar-refractivity contribution is 0.0787. The van der Waals surface area contributed by atoms with Crippen molar-refractivity contribution in [1.29, 1.82) is 0 Å². The second kappa shape index (κ2) is 9.37. The molecular weight excluding hydrogens is 440 g/mol. The van der Waals surface area contributed by atoms with Crippen LogP contribution in [0.4, 0.5) is 0 Å². The topological polar surface area (TPSA) is 110 Å². The molecule has 0 unspecified atom stereocenters. The molecule has 1 aliphatic carbocycles. The van der Waals surface area contributed by atoms with Gasteiger partial charge in [0.25, 0.3) is 5.91 Å². The molecule has 0 bridgehead atoms. The summed E-state index contributed by atoms with van der Waals surface area (Å²) in [5.41, 5.74) is 0.294. The third-order valence-corrected chi connectivity index (χ3v) is 7.41. The van der Waals surface area contributed by atoms with E-state index < -0.39 is 19.9 Å². The van der Waals surface area contributed by atoms with E-state index in [2.05, 4.69) is 4.72 Å². The SMILES string of the molecule is CN(CCCOc1cccc(S(C)(=O)=O)c1)C(=O)c1cccc(S(=O)(=O)NC2CC2)c1. The minimum Gasteiger partial charge on any atom is -0.493 e. The van der Waals surface area contributed by atoms with Crippen LogP contribution in [0.3, 0.4) is 0 Å². The van der Waals surface area contributed by atoms with Gasteiger partial charge in [-0.15, -0.1) is 0 Å². The second-order valence-electron chi connectivity index (χ2n) is 7.60. The fraction of sp³-hybridized carbons (Fsp3) is 0.381. The number of sulfone groups is 1. The summed E-state index contributed by atoms with van der Waals surface area (Å²) in [7, 11) is -5.30. The van der Waals surface area contributed by atoms with Gasteiger partial charge in [0, 0.05) is 31.5 Å². The van der Waals surface area contributed by atoms with Crippen LogP contribution in [0.5, 0.6) is 5.75 Å². The molecule has 10 heteroatoms. The van der Waals surface area contributed by atoms with E-state index in [4.69, 9.17) is 4.74 Å². The predicted molar refractivity (Wildman–Crippen MR) is 116 cm³/mol.